The first-order chi connectivity index (χ1) is 10.3. The lowest BCUT2D eigenvalue weighted by atomic mass is 10.1. The first-order valence-corrected chi connectivity index (χ1v) is 9.43. The molecular weight excluding hydrogens is 342 g/mol. The van der Waals surface area contributed by atoms with E-state index in [0.717, 1.165) is 21.0 Å². The minimum Gasteiger partial charge on any atom is -0.492 e. The van der Waals surface area contributed by atoms with Crippen molar-refractivity contribution in [1.82, 2.24) is 4.72 Å². The van der Waals surface area contributed by atoms with Gasteiger partial charge in [0.1, 0.15) is 16.6 Å². The van der Waals surface area contributed by atoms with Gasteiger partial charge in [-0.25, -0.2) is 13.1 Å². The number of hydrogen-bond acceptors (Lipinski definition) is 4. The lowest BCUT2D eigenvalue weighted by Gasteiger charge is -2.10. The number of halogens is 1. The largest absolute Gasteiger partial charge is 0.492 e. The maximum atomic E-state index is 12.0. The molecule has 1 heterocycles. The van der Waals surface area contributed by atoms with Crippen LogP contribution in [0.3, 0.4) is 0 Å². The molecule has 0 unspecified atom stereocenters. The summed E-state index contributed by atoms with van der Waals surface area (Å²) in [5.74, 6) is 0.686. The number of aryl methyl sites for hydroxylation is 3. The van der Waals surface area contributed by atoms with Gasteiger partial charge in [-0.15, -0.1) is 11.3 Å². The van der Waals surface area contributed by atoms with Crippen molar-refractivity contribution in [2.24, 2.45) is 0 Å². The molecule has 0 bridgehead atoms. The first-order valence-electron chi connectivity index (χ1n) is 6.75. The summed E-state index contributed by atoms with van der Waals surface area (Å²) in [5, 5.41) is 0.723. The van der Waals surface area contributed by atoms with Crippen LogP contribution in [0.4, 0.5) is 0 Å². The van der Waals surface area contributed by atoms with Crippen molar-refractivity contribution in [2.75, 3.05) is 13.2 Å². The van der Waals surface area contributed by atoms with Crippen molar-refractivity contribution < 1.29 is 13.2 Å². The highest BCUT2D eigenvalue weighted by Gasteiger charge is 2.15. The highest BCUT2D eigenvalue weighted by molar-refractivity contribution is 7.91. The minimum absolute atomic E-state index is 0.208. The molecule has 7 heteroatoms. The van der Waals surface area contributed by atoms with Gasteiger partial charge in [-0.3, -0.25) is 0 Å². The molecule has 4 nitrogen and oxygen atoms in total. The second-order valence-electron chi connectivity index (χ2n) is 4.98. The Balaban J connectivity index is 1.90. The molecular formula is C15H18ClNO3S2. The van der Waals surface area contributed by atoms with Gasteiger partial charge in [-0.2, -0.15) is 0 Å². The second kappa shape index (κ2) is 7.00. The highest BCUT2D eigenvalue weighted by Crippen LogP contribution is 2.25. The van der Waals surface area contributed by atoms with Crippen molar-refractivity contribution in [1.29, 1.82) is 0 Å². The Morgan fingerprint density at radius 2 is 1.82 bits per heavy atom. The standard InChI is InChI=1S/C15H18ClNO3S2/c1-10-8-13(9-11(2)15(10)16)20-7-6-17-22(18,19)14-5-4-12(3)21-14/h4-5,8-9,17H,6-7H2,1-3H3. The van der Waals surface area contributed by atoms with Crippen LogP contribution in [0.15, 0.2) is 28.5 Å². The Kier molecular flexibility index (Phi) is 5.50. The number of benzene rings is 1. The molecule has 0 radical (unpaired) electrons. The van der Waals surface area contributed by atoms with E-state index in [2.05, 4.69) is 4.72 Å². The predicted molar refractivity (Wildman–Crippen MR) is 90.7 cm³/mol. The van der Waals surface area contributed by atoms with Gasteiger partial charge in [0, 0.05) is 16.4 Å². The summed E-state index contributed by atoms with van der Waals surface area (Å²) in [6.45, 7) is 6.15. The van der Waals surface area contributed by atoms with Gasteiger partial charge >= 0.3 is 0 Å². The first kappa shape index (κ1) is 17.3. The third-order valence-corrected chi connectivity index (χ3v) is 6.60. The van der Waals surface area contributed by atoms with Crippen molar-refractivity contribution in [3.63, 3.8) is 0 Å². The summed E-state index contributed by atoms with van der Waals surface area (Å²) in [6.07, 6.45) is 0. The third-order valence-electron chi connectivity index (χ3n) is 3.05. The zero-order chi connectivity index (χ0) is 16.3. The fourth-order valence-corrected chi connectivity index (χ4v) is 4.41. The third kappa shape index (κ3) is 4.23. The van der Waals surface area contributed by atoms with E-state index < -0.39 is 10.0 Å². The van der Waals surface area contributed by atoms with Crippen LogP contribution < -0.4 is 9.46 Å². The van der Waals surface area contributed by atoms with E-state index in [4.69, 9.17) is 16.3 Å². The molecule has 1 aromatic carbocycles. The summed E-state index contributed by atoms with van der Waals surface area (Å²) in [6, 6.07) is 7.07. The van der Waals surface area contributed by atoms with Gasteiger partial charge in [0.15, 0.2) is 0 Å². The predicted octanol–water partition coefficient (Wildman–Crippen LogP) is 3.68. The van der Waals surface area contributed by atoms with Crippen LogP contribution in [-0.4, -0.2) is 21.6 Å². The number of thiophene rings is 1. The molecule has 1 N–H and O–H groups in total. The van der Waals surface area contributed by atoms with Crippen LogP contribution in [0.2, 0.25) is 5.02 Å². The molecule has 2 aromatic rings. The van der Waals surface area contributed by atoms with Crippen LogP contribution >= 0.6 is 22.9 Å². The zero-order valence-corrected chi connectivity index (χ0v) is 15.0. The minimum atomic E-state index is -3.45. The average molecular weight is 360 g/mol. The Morgan fingerprint density at radius 1 is 1.18 bits per heavy atom. The van der Waals surface area contributed by atoms with Gasteiger partial charge in [0.05, 0.1) is 0 Å². The summed E-state index contributed by atoms with van der Waals surface area (Å²) in [5.41, 5.74) is 1.87. The van der Waals surface area contributed by atoms with Crippen molar-refractivity contribution >= 4 is 33.0 Å². The molecule has 0 saturated heterocycles. The average Bonchev–Trinajstić information content (AvgIpc) is 2.88. The molecule has 22 heavy (non-hydrogen) atoms. The van der Waals surface area contributed by atoms with Crippen molar-refractivity contribution in [2.45, 2.75) is 25.0 Å². The molecule has 0 fully saturated rings. The van der Waals surface area contributed by atoms with Crippen LogP contribution in [0.5, 0.6) is 5.75 Å². The van der Waals surface area contributed by atoms with Gasteiger partial charge in [0.2, 0.25) is 10.0 Å². The van der Waals surface area contributed by atoms with E-state index in [0.29, 0.717) is 9.96 Å². The van der Waals surface area contributed by atoms with Crippen LogP contribution in [-0.2, 0) is 10.0 Å². The van der Waals surface area contributed by atoms with E-state index in [9.17, 15) is 8.42 Å². The van der Waals surface area contributed by atoms with Gasteiger partial charge in [0.25, 0.3) is 0 Å². The number of sulfonamides is 1. The summed E-state index contributed by atoms with van der Waals surface area (Å²) in [4.78, 5) is 0.962. The molecule has 2 rings (SSSR count). The molecule has 0 saturated carbocycles. The smallest absolute Gasteiger partial charge is 0.250 e. The van der Waals surface area contributed by atoms with Gasteiger partial charge < -0.3 is 4.74 Å². The van der Waals surface area contributed by atoms with E-state index in [1.165, 1.54) is 11.3 Å². The van der Waals surface area contributed by atoms with Crippen LogP contribution in [0, 0.1) is 20.8 Å². The number of rotatable bonds is 6. The van der Waals surface area contributed by atoms with Crippen molar-refractivity contribution in [3.8, 4) is 5.75 Å². The normalized spacial score (nSPS) is 11.6. The maximum absolute atomic E-state index is 12.0. The van der Waals surface area contributed by atoms with Gasteiger partial charge in [-0.05, 0) is 56.2 Å². The van der Waals surface area contributed by atoms with Crippen LogP contribution in [0.1, 0.15) is 16.0 Å². The Hall–Kier alpha value is -1.08. The number of ether oxygens (including phenoxy) is 1. The highest BCUT2D eigenvalue weighted by atomic mass is 35.5. The molecule has 120 valence electrons. The summed E-state index contributed by atoms with van der Waals surface area (Å²) in [7, 11) is -3.45. The van der Waals surface area contributed by atoms with E-state index in [1.54, 1.807) is 12.1 Å². The van der Waals surface area contributed by atoms with Gasteiger partial charge in [-0.1, -0.05) is 11.6 Å². The fraction of sp³-hybridized carbons (Fsp3) is 0.333. The lowest BCUT2D eigenvalue weighted by Crippen LogP contribution is -2.27. The molecule has 1 aromatic heterocycles. The molecule has 0 spiro atoms. The molecule has 0 amide bonds. The Bertz CT molecular complexity index is 746. The Labute approximate surface area is 140 Å². The van der Waals surface area contributed by atoms with Crippen LogP contribution in [0.25, 0.3) is 0 Å². The molecule has 0 aliphatic heterocycles. The monoisotopic (exact) mass is 359 g/mol. The topological polar surface area (TPSA) is 55.4 Å². The Morgan fingerprint density at radius 3 is 2.36 bits per heavy atom. The fourth-order valence-electron chi connectivity index (χ4n) is 1.96. The molecule has 0 aliphatic carbocycles. The number of nitrogens with one attached hydrogen (secondary N) is 1. The lowest BCUT2D eigenvalue weighted by molar-refractivity contribution is 0.322. The quantitative estimate of drug-likeness (QED) is 0.800. The van der Waals surface area contributed by atoms with E-state index in [-0.39, 0.29) is 13.2 Å². The molecule has 0 atom stereocenters. The molecule has 0 aliphatic rings. The van der Waals surface area contributed by atoms with E-state index >= 15 is 0 Å². The summed E-state index contributed by atoms with van der Waals surface area (Å²) >= 11 is 7.34. The zero-order valence-electron chi connectivity index (χ0n) is 12.6. The second-order valence-corrected chi connectivity index (χ2v) is 8.64. The number of hydrogen-bond donors (Lipinski definition) is 1. The maximum Gasteiger partial charge on any atom is 0.250 e. The van der Waals surface area contributed by atoms with E-state index in [1.807, 2.05) is 32.9 Å². The summed E-state index contributed by atoms with van der Waals surface area (Å²) < 4.78 is 32.5. The van der Waals surface area contributed by atoms with Crippen molar-refractivity contribution in [3.05, 3.63) is 45.3 Å². The SMILES string of the molecule is Cc1ccc(S(=O)(=O)NCCOc2cc(C)c(Cl)c(C)c2)s1.